The Balaban J connectivity index is 3.04. The number of nitrogens with one attached hydrogen (secondary N) is 3. The van der Waals surface area contributed by atoms with E-state index in [1.807, 2.05) is 0 Å². The largest absolute Gasteiger partial charge is 0.480 e. The van der Waals surface area contributed by atoms with Crippen LogP contribution in [0.2, 0.25) is 0 Å². The zero-order valence-corrected chi connectivity index (χ0v) is 18.1. The molecule has 1 rings (SSSR count). The molecule has 1 heterocycles. The minimum atomic E-state index is -1.21. The molecule has 10 heteroatoms. The number of carboxylic acids is 1. The molecule has 10 nitrogen and oxygen atoms in total. The van der Waals surface area contributed by atoms with Gasteiger partial charge in [-0.15, -0.1) is 0 Å². The van der Waals surface area contributed by atoms with E-state index in [0.717, 1.165) is 12.2 Å². The molecule has 0 aromatic carbocycles. The molecule has 0 bridgehead atoms. The second kappa shape index (κ2) is 12.5. The Bertz CT molecular complexity index is 721. The maximum atomic E-state index is 12.6. The standard InChI is InChI=1S/C21H32N4O6/c1-5-17(26)23-15(21(30)31)10-9-14(25-11-7-8-19(25)28)12-16(24-18(27)6-2)20(29)22-13(3)4/h5-6,13-16H,1-2,7-12H2,3-4H3,(H,22,29)(H,23,26)(H,24,27)(H,30,31). The second-order valence-corrected chi connectivity index (χ2v) is 7.69. The number of carbonyl (C=O) groups excluding carboxylic acids is 4. The van der Waals surface area contributed by atoms with E-state index < -0.39 is 41.8 Å². The van der Waals surface area contributed by atoms with Gasteiger partial charge in [0.05, 0.1) is 0 Å². The zero-order valence-electron chi connectivity index (χ0n) is 18.1. The summed E-state index contributed by atoms with van der Waals surface area (Å²) in [5, 5.41) is 17.1. The van der Waals surface area contributed by atoms with Crippen LogP contribution in [0.3, 0.4) is 0 Å². The van der Waals surface area contributed by atoms with Gasteiger partial charge in [0.2, 0.25) is 23.6 Å². The quantitative estimate of drug-likeness (QED) is 0.301. The van der Waals surface area contributed by atoms with Crippen molar-refractivity contribution >= 4 is 29.6 Å². The molecule has 0 radical (unpaired) electrons. The van der Waals surface area contributed by atoms with Crippen LogP contribution in [0.5, 0.6) is 0 Å². The smallest absolute Gasteiger partial charge is 0.326 e. The Morgan fingerprint density at radius 3 is 2.06 bits per heavy atom. The number of likely N-dealkylation sites (tertiary alicyclic amines) is 1. The Morgan fingerprint density at radius 2 is 1.61 bits per heavy atom. The molecule has 1 aliphatic rings. The summed E-state index contributed by atoms with van der Waals surface area (Å²) < 4.78 is 0. The second-order valence-electron chi connectivity index (χ2n) is 7.69. The van der Waals surface area contributed by atoms with Crippen LogP contribution >= 0.6 is 0 Å². The van der Waals surface area contributed by atoms with E-state index in [1.54, 1.807) is 18.7 Å². The van der Waals surface area contributed by atoms with Crippen molar-refractivity contribution in [1.82, 2.24) is 20.9 Å². The third kappa shape index (κ3) is 8.61. The van der Waals surface area contributed by atoms with Gasteiger partial charge in [-0.1, -0.05) is 13.2 Å². The van der Waals surface area contributed by atoms with Crippen LogP contribution in [-0.2, 0) is 24.0 Å². The number of hydrogen-bond donors (Lipinski definition) is 4. The predicted molar refractivity (Wildman–Crippen MR) is 114 cm³/mol. The Labute approximate surface area is 182 Å². The van der Waals surface area contributed by atoms with E-state index in [0.29, 0.717) is 19.4 Å². The van der Waals surface area contributed by atoms with E-state index in [2.05, 4.69) is 29.1 Å². The van der Waals surface area contributed by atoms with Crippen LogP contribution in [0.25, 0.3) is 0 Å². The van der Waals surface area contributed by atoms with E-state index in [-0.39, 0.29) is 31.2 Å². The van der Waals surface area contributed by atoms with Crippen molar-refractivity contribution in [3.05, 3.63) is 25.3 Å². The van der Waals surface area contributed by atoms with Gasteiger partial charge in [0.25, 0.3) is 0 Å². The van der Waals surface area contributed by atoms with Gasteiger partial charge in [0.1, 0.15) is 12.1 Å². The molecule has 4 N–H and O–H groups in total. The maximum absolute atomic E-state index is 12.6. The fraction of sp³-hybridized carbons (Fsp3) is 0.571. The van der Waals surface area contributed by atoms with Gasteiger partial charge in [-0.2, -0.15) is 0 Å². The summed E-state index contributed by atoms with van der Waals surface area (Å²) in [7, 11) is 0. The minimum Gasteiger partial charge on any atom is -0.480 e. The lowest BCUT2D eigenvalue weighted by atomic mass is 9.97. The first-order valence-electron chi connectivity index (χ1n) is 10.3. The third-order valence-corrected chi connectivity index (χ3v) is 4.90. The number of carboxylic acid groups (broad SMARTS) is 1. The number of nitrogens with zero attached hydrogens (tertiary/aromatic N) is 1. The number of amides is 4. The number of hydrogen-bond acceptors (Lipinski definition) is 5. The molecule has 3 unspecified atom stereocenters. The Hall–Kier alpha value is -3.17. The van der Waals surface area contributed by atoms with Crippen LogP contribution in [0.15, 0.2) is 25.3 Å². The van der Waals surface area contributed by atoms with Gasteiger partial charge in [-0.05, 0) is 51.7 Å². The van der Waals surface area contributed by atoms with Crippen LogP contribution in [0.4, 0.5) is 0 Å². The predicted octanol–water partition coefficient (Wildman–Crippen LogP) is 0.0985. The molecule has 0 aromatic rings. The Kier molecular flexibility index (Phi) is 10.4. The number of aliphatic carboxylic acids is 1. The molecule has 172 valence electrons. The van der Waals surface area contributed by atoms with Crippen molar-refractivity contribution in [3.8, 4) is 0 Å². The van der Waals surface area contributed by atoms with Crippen LogP contribution < -0.4 is 16.0 Å². The first-order chi connectivity index (χ1) is 14.6. The summed E-state index contributed by atoms with van der Waals surface area (Å²) >= 11 is 0. The van der Waals surface area contributed by atoms with Gasteiger partial charge in [-0.25, -0.2) is 4.79 Å². The van der Waals surface area contributed by atoms with Gasteiger partial charge < -0.3 is 26.0 Å². The SMILES string of the molecule is C=CC(=O)NC(CCC(CC(NC(=O)C=C)C(=O)NC(C)C)N1CCCC1=O)C(=O)O. The van der Waals surface area contributed by atoms with E-state index in [9.17, 15) is 29.1 Å². The van der Waals surface area contributed by atoms with Gasteiger partial charge in [-0.3, -0.25) is 19.2 Å². The van der Waals surface area contributed by atoms with E-state index in [1.165, 1.54) is 0 Å². The first kappa shape index (κ1) is 25.9. The van der Waals surface area contributed by atoms with Gasteiger partial charge >= 0.3 is 5.97 Å². The molecule has 0 aromatic heterocycles. The molecule has 0 spiro atoms. The van der Waals surface area contributed by atoms with Crippen LogP contribution in [0.1, 0.15) is 46.0 Å². The number of rotatable bonds is 13. The minimum absolute atomic E-state index is 0.0390. The molecule has 1 aliphatic heterocycles. The molecule has 31 heavy (non-hydrogen) atoms. The highest BCUT2D eigenvalue weighted by molar-refractivity contribution is 5.93. The molecule has 4 amide bonds. The summed E-state index contributed by atoms with van der Waals surface area (Å²) in [5.41, 5.74) is 0. The van der Waals surface area contributed by atoms with Gasteiger partial charge in [0, 0.05) is 25.0 Å². The van der Waals surface area contributed by atoms with Crippen LogP contribution in [0, 0.1) is 0 Å². The lowest BCUT2D eigenvalue weighted by Crippen LogP contribution is -2.52. The summed E-state index contributed by atoms with van der Waals surface area (Å²) in [6, 6.07) is -2.76. The highest BCUT2D eigenvalue weighted by Gasteiger charge is 2.33. The van der Waals surface area contributed by atoms with Gasteiger partial charge in [0.15, 0.2) is 0 Å². The van der Waals surface area contributed by atoms with Crippen molar-refractivity contribution in [2.75, 3.05) is 6.54 Å². The zero-order chi connectivity index (χ0) is 23.6. The third-order valence-electron chi connectivity index (χ3n) is 4.90. The summed E-state index contributed by atoms with van der Waals surface area (Å²) in [6.07, 6.45) is 3.42. The average molecular weight is 437 g/mol. The monoisotopic (exact) mass is 436 g/mol. The fourth-order valence-electron chi connectivity index (χ4n) is 3.42. The highest BCUT2D eigenvalue weighted by atomic mass is 16.4. The van der Waals surface area contributed by atoms with E-state index >= 15 is 0 Å². The summed E-state index contributed by atoms with van der Waals surface area (Å²) in [4.78, 5) is 61.5. The maximum Gasteiger partial charge on any atom is 0.326 e. The lowest BCUT2D eigenvalue weighted by molar-refractivity contribution is -0.141. The number of carbonyl (C=O) groups is 5. The lowest BCUT2D eigenvalue weighted by Gasteiger charge is -2.32. The summed E-state index contributed by atoms with van der Waals surface area (Å²) in [5.74, 6) is -2.86. The molecular weight excluding hydrogens is 404 g/mol. The molecule has 1 saturated heterocycles. The first-order valence-corrected chi connectivity index (χ1v) is 10.3. The van der Waals surface area contributed by atoms with Crippen molar-refractivity contribution < 1.29 is 29.1 Å². The van der Waals surface area contributed by atoms with Crippen LogP contribution in [-0.4, -0.2) is 70.3 Å². The molecule has 0 saturated carbocycles. The van der Waals surface area contributed by atoms with Crippen molar-refractivity contribution in [2.24, 2.45) is 0 Å². The van der Waals surface area contributed by atoms with E-state index in [4.69, 9.17) is 0 Å². The van der Waals surface area contributed by atoms with Crippen molar-refractivity contribution in [1.29, 1.82) is 0 Å². The highest BCUT2D eigenvalue weighted by Crippen LogP contribution is 2.22. The Morgan fingerprint density at radius 1 is 1.03 bits per heavy atom. The molecular formula is C21H32N4O6. The average Bonchev–Trinajstić information content (AvgIpc) is 3.13. The fourth-order valence-corrected chi connectivity index (χ4v) is 3.42. The molecule has 3 atom stereocenters. The topological polar surface area (TPSA) is 145 Å². The van der Waals surface area contributed by atoms with Crippen molar-refractivity contribution in [2.45, 2.75) is 70.1 Å². The summed E-state index contributed by atoms with van der Waals surface area (Å²) in [6.45, 7) is 10.8. The normalized spacial score (nSPS) is 16.2. The van der Waals surface area contributed by atoms with Crippen molar-refractivity contribution in [3.63, 3.8) is 0 Å². The molecule has 1 fully saturated rings. The molecule has 0 aliphatic carbocycles.